The lowest BCUT2D eigenvalue weighted by Gasteiger charge is -2.43. The van der Waals surface area contributed by atoms with Crippen molar-refractivity contribution in [1.29, 1.82) is 10.5 Å². The highest BCUT2D eigenvalue weighted by atomic mass is 16.5. The van der Waals surface area contributed by atoms with Crippen molar-refractivity contribution in [3.05, 3.63) is 175 Å². The first kappa shape index (κ1) is 29.1. The molecule has 0 aromatic heterocycles. The van der Waals surface area contributed by atoms with Crippen molar-refractivity contribution in [1.82, 2.24) is 0 Å². The van der Waals surface area contributed by atoms with E-state index in [-0.39, 0.29) is 5.92 Å². The van der Waals surface area contributed by atoms with Crippen LogP contribution in [0.15, 0.2) is 169 Å². The normalized spacial score (nSPS) is 18.1. The second-order valence-corrected chi connectivity index (χ2v) is 12.3. The molecule has 0 saturated carbocycles. The Morgan fingerprint density at radius 2 is 1.06 bits per heavy atom. The monoisotopic (exact) mass is 644 g/mol. The molecule has 2 unspecified atom stereocenters. The number of allylic oxidation sites excluding steroid dienone is 2. The zero-order valence-electron chi connectivity index (χ0n) is 26.8. The third-order valence-corrected chi connectivity index (χ3v) is 9.57. The number of rotatable bonds is 4. The second kappa shape index (κ2) is 11.6. The average molecular weight is 645 g/mol. The second-order valence-electron chi connectivity index (χ2n) is 12.3. The van der Waals surface area contributed by atoms with Gasteiger partial charge in [-0.05, 0) is 83.4 Å². The summed E-state index contributed by atoms with van der Waals surface area (Å²) in [7, 11) is 0. The first-order chi connectivity index (χ1) is 24.7. The standard InChI is InChI=1S/C44H28N4O2/c45-28-32-27-31(25-26-44(32,29-46)48-38-15-5-9-19-42(38)50-43-20-10-6-16-39(43)48)35-12-2-1-11-34(35)30-21-23-33(24-22-30)47-36-13-3-7-17-40(36)49-41-18-8-4-14-37(41)47/h1-27,31H. The Balaban J connectivity index is 1.09. The fraction of sp³-hybridized carbons (Fsp3) is 0.0455. The molecule has 6 aromatic rings. The quantitative estimate of drug-likeness (QED) is 0.178. The van der Waals surface area contributed by atoms with Gasteiger partial charge in [0.15, 0.2) is 28.5 Å². The van der Waals surface area contributed by atoms with Gasteiger partial charge < -0.3 is 19.3 Å². The van der Waals surface area contributed by atoms with Gasteiger partial charge in [0.2, 0.25) is 0 Å². The lowest BCUT2D eigenvalue weighted by Crippen LogP contribution is -2.47. The Kier molecular flexibility index (Phi) is 6.76. The van der Waals surface area contributed by atoms with Gasteiger partial charge in [-0.1, -0.05) is 97.1 Å². The molecule has 2 aliphatic heterocycles. The van der Waals surface area contributed by atoms with Crippen LogP contribution in [-0.2, 0) is 0 Å². The summed E-state index contributed by atoms with van der Waals surface area (Å²) in [5.74, 6) is 2.65. The number of nitrogens with zero attached hydrogens (tertiary/aromatic N) is 4. The Hall–Kier alpha value is -7.02. The van der Waals surface area contributed by atoms with Crippen LogP contribution < -0.4 is 19.3 Å². The van der Waals surface area contributed by atoms with Crippen molar-refractivity contribution >= 4 is 28.4 Å². The minimum absolute atomic E-state index is 0.230. The predicted molar refractivity (Wildman–Crippen MR) is 196 cm³/mol. The van der Waals surface area contributed by atoms with Gasteiger partial charge in [0, 0.05) is 11.6 Å². The average Bonchev–Trinajstić information content (AvgIpc) is 3.19. The van der Waals surface area contributed by atoms with E-state index in [9.17, 15) is 10.5 Å². The minimum Gasteiger partial charge on any atom is -0.453 e. The number of nitriles is 2. The zero-order chi connectivity index (χ0) is 33.7. The van der Waals surface area contributed by atoms with E-state index < -0.39 is 5.54 Å². The summed E-state index contributed by atoms with van der Waals surface area (Å²) in [5, 5.41) is 21.6. The fourth-order valence-corrected chi connectivity index (χ4v) is 7.26. The molecule has 0 bridgehead atoms. The van der Waals surface area contributed by atoms with Crippen LogP contribution in [0, 0.1) is 22.7 Å². The maximum Gasteiger partial charge on any atom is 0.186 e. The molecule has 2 heterocycles. The molecule has 6 heteroatoms. The van der Waals surface area contributed by atoms with E-state index in [2.05, 4.69) is 65.6 Å². The lowest BCUT2D eigenvalue weighted by molar-refractivity contribution is 0.468. The van der Waals surface area contributed by atoms with E-state index in [1.165, 1.54) is 0 Å². The molecule has 1 aliphatic carbocycles. The minimum atomic E-state index is -1.37. The summed E-state index contributed by atoms with van der Waals surface area (Å²) in [6, 6.07) is 53.1. The van der Waals surface area contributed by atoms with Crippen LogP contribution in [0.4, 0.5) is 28.4 Å². The van der Waals surface area contributed by atoms with Crippen molar-refractivity contribution < 1.29 is 9.47 Å². The first-order valence-corrected chi connectivity index (χ1v) is 16.4. The van der Waals surface area contributed by atoms with Crippen LogP contribution in [0.5, 0.6) is 23.0 Å². The molecular formula is C44H28N4O2. The van der Waals surface area contributed by atoms with E-state index in [1.54, 1.807) is 0 Å². The Bertz CT molecular complexity index is 2360. The summed E-state index contributed by atoms with van der Waals surface area (Å²) < 4.78 is 12.4. The summed E-state index contributed by atoms with van der Waals surface area (Å²) in [6.07, 6.45) is 5.85. The lowest BCUT2D eigenvalue weighted by atomic mass is 9.77. The van der Waals surface area contributed by atoms with Crippen molar-refractivity contribution in [3.63, 3.8) is 0 Å². The fourth-order valence-electron chi connectivity index (χ4n) is 7.26. The molecule has 6 aromatic carbocycles. The number of hydrogen-bond donors (Lipinski definition) is 0. The van der Waals surface area contributed by atoms with Gasteiger partial charge in [-0.15, -0.1) is 0 Å². The highest BCUT2D eigenvalue weighted by Gasteiger charge is 2.46. The van der Waals surface area contributed by atoms with Crippen molar-refractivity contribution in [3.8, 4) is 46.3 Å². The smallest absolute Gasteiger partial charge is 0.186 e. The van der Waals surface area contributed by atoms with E-state index in [4.69, 9.17) is 9.47 Å². The number of hydrogen-bond acceptors (Lipinski definition) is 6. The van der Waals surface area contributed by atoms with Crippen LogP contribution in [0.25, 0.3) is 11.1 Å². The van der Waals surface area contributed by atoms with E-state index in [1.807, 2.05) is 120 Å². The van der Waals surface area contributed by atoms with Crippen LogP contribution >= 0.6 is 0 Å². The Labute approximate surface area is 290 Å². The SMILES string of the molecule is N#CC1=CC(c2ccccc2-c2ccc(N3c4ccccc4Oc4ccccc43)cc2)C=CC1(C#N)N1c2ccccc2Oc2ccccc21. The molecular weight excluding hydrogens is 617 g/mol. The van der Waals surface area contributed by atoms with Crippen LogP contribution in [0.2, 0.25) is 0 Å². The summed E-state index contributed by atoms with van der Waals surface area (Å²) in [6.45, 7) is 0. The summed E-state index contributed by atoms with van der Waals surface area (Å²) in [5.41, 5.74) is 6.55. The number of ether oxygens (including phenoxy) is 2. The van der Waals surface area contributed by atoms with Crippen LogP contribution in [0.3, 0.4) is 0 Å². The van der Waals surface area contributed by atoms with Gasteiger partial charge in [0.1, 0.15) is 6.07 Å². The summed E-state index contributed by atoms with van der Waals surface area (Å²) >= 11 is 0. The first-order valence-electron chi connectivity index (χ1n) is 16.4. The molecule has 50 heavy (non-hydrogen) atoms. The largest absolute Gasteiger partial charge is 0.453 e. The van der Waals surface area contributed by atoms with E-state index in [0.29, 0.717) is 17.1 Å². The molecule has 0 amide bonds. The van der Waals surface area contributed by atoms with Gasteiger partial charge in [0.05, 0.1) is 34.4 Å². The topological polar surface area (TPSA) is 72.5 Å². The molecule has 9 rings (SSSR count). The summed E-state index contributed by atoms with van der Waals surface area (Å²) in [4.78, 5) is 4.15. The number of benzene rings is 6. The third kappa shape index (κ3) is 4.48. The highest BCUT2D eigenvalue weighted by Crippen LogP contribution is 2.53. The van der Waals surface area contributed by atoms with Gasteiger partial charge in [-0.2, -0.15) is 10.5 Å². The van der Waals surface area contributed by atoms with Crippen molar-refractivity contribution in [2.45, 2.75) is 11.5 Å². The van der Waals surface area contributed by atoms with Crippen LogP contribution in [-0.4, -0.2) is 5.54 Å². The molecule has 0 spiro atoms. The Morgan fingerprint density at radius 3 is 1.62 bits per heavy atom. The van der Waals surface area contributed by atoms with Gasteiger partial charge >= 0.3 is 0 Å². The van der Waals surface area contributed by atoms with Gasteiger partial charge in [0.25, 0.3) is 0 Å². The van der Waals surface area contributed by atoms with E-state index in [0.717, 1.165) is 56.6 Å². The molecule has 0 N–H and O–H groups in total. The molecule has 0 fully saturated rings. The molecule has 236 valence electrons. The molecule has 0 radical (unpaired) electrons. The number of fused-ring (bicyclic) bond motifs is 4. The maximum atomic E-state index is 10.9. The van der Waals surface area contributed by atoms with E-state index >= 15 is 0 Å². The highest BCUT2D eigenvalue weighted by molar-refractivity contribution is 5.87. The zero-order valence-corrected chi connectivity index (χ0v) is 26.8. The molecule has 3 aliphatic rings. The molecule has 6 nitrogen and oxygen atoms in total. The van der Waals surface area contributed by atoms with Crippen molar-refractivity contribution in [2.24, 2.45) is 0 Å². The number of anilines is 5. The molecule has 0 saturated heterocycles. The van der Waals surface area contributed by atoms with Crippen LogP contribution in [0.1, 0.15) is 11.5 Å². The molecule has 2 atom stereocenters. The van der Waals surface area contributed by atoms with Gasteiger partial charge in [-0.25, -0.2) is 0 Å². The van der Waals surface area contributed by atoms with Crippen molar-refractivity contribution in [2.75, 3.05) is 9.80 Å². The predicted octanol–water partition coefficient (Wildman–Crippen LogP) is 11.2. The number of para-hydroxylation sites is 8. The third-order valence-electron chi connectivity index (χ3n) is 9.57. The van der Waals surface area contributed by atoms with Gasteiger partial charge in [-0.3, -0.25) is 0 Å². The Morgan fingerprint density at radius 1 is 0.560 bits per heavy atom. The maximum absolute atomic E-state index is 10.9.